The number of aryl methyl sites for hydroxylation is 2. The number of aromatic nitrogens is 4. The third-order valence-corrected chi connectivity index (χ3v) is 4.20. The predicted octanol–water partition coefficient (Wildman–Crippen LogP) is 0.677. The Balaban J connectivity index is 1.71. The van der Waals surface area contributed by atoms with Crippen LogP contribution in [0.3, 0.4) is 0 Å². The van der Waals surface area contributed by atoms with Crippen LogP contribution in [-0.4, -0.2) is 54.9 Å². The lowest BCUT2D eigenvalue weighted by Crippen LogP contribution is -2.31. The number of carbonyl (C=O) groups is 1. The first-order valence-corrected chi connectivity index (χ1v) is 7.85. The number of hydrogen-bond donors (Lipinski definition) is 1. The minimum Gasteiger partial charge on any atom is -0.391 e. The van der Waals surface area contributed by atoms with Crippen LogP contribution in [0.1, 0.15) is 28.8 Å². The van der Waals surface area contributed by atoms with Gasteiger partial charge in [0.2, 0.25) is 0 Å². The smallest absolute Gasteiger partial charge is 0.272 e. The van der Waals surface area contributed by atoms with E-state index in [2.05, 4.69) is 15.1 Å². The van der Waals surface area contributed by atoms with Crippen molar-refractivity contribution in [2.24, 2.45) is 5.92 Å². The van der Waals surface area contributed by atoms with Gasteiger partial charge in [0.1, 0.15) is 5.69 Å². The number of β-amino-alcohol motifs (C(OH)–C–C–N with tert-alkyl or cyclic N) is 1. The van der Waals surface area contributed by atoms with Crippen molar-refractivity contribution in [3.8, 4) is 0 Å². The molecule has 1 aliphatic rings. The Kier molecular flexibility index (Phi) is 4.38. The van der Waals surface area contributed by atoms with Crippen LogP contribution in [0.2, 0.25) is 0 Å². The second-order valence-corrected chi connectivity index (χ2v) is 5.93. The molecule has 1 amide bonds. The van der Waals surface area contributed by atoms with Crippen LogP contribution in [-0.2, 0) is 13.0 Å². The normalized spacial score (nSPS) is 20.9. The topological polar surface area (TPSA) is 84.1 Å². The van der Waals surface area contributed by atoms with Crippen molar-refractivity contribution >= 4 is 5.91 Å². The van der Waals surface area contributed by atoms with Crippen molar-refractivity contribution in [1.29, 1.82) is 0 Å². The molecule has 1 saturated heterocycles. The molecule has 3 heterocycles. The van der Waals surface area contributed by atoms with E-state index in [1.165, 1.54) is 0 Å². The van der Waals surface area contributed by atoms with E-state index >= 15 is 0 Å². The summed E-state index contributed by atoms with van der Waals surface area (Å²) in [5.74, 6) is -0.0945. The summed E-state index contributed by atoms with van der Waals surface area (Å²) in [6.45, 7) is 5.34. The van der Waals surface area contributed by atoms with Gasteiger partial charge in [-0.3, -0.25) is 19.4 Å². The third-order valence-electron chi connectivity index (χ3n) is 4.20. The molecule has 7 heteroatoms. The molecule has 3 rings (SSSR count). The zero-order valence-corrected chi connectivity index (χ0v) is 13.4. The van der Waals surface area contributed by atoms with Crippen molar-refractivity contribution < 1.29 is 9.90 Å². The molecular weight excluding hydrogens is 294 g/mol. The van der Waals surface area contributed by atoms with Crippen LogP contribution in [0.15, 0.2) is 24.7 Å². The molecule has 0 bridgehead atoms. The maximum Gasteiger partial charge on any atom is 0.272 e. The van der Waals surface area contributed by atoms with Gasteiger partial charge >= 0.3 is 0 Å². The Morgan fingerprint density at radius 2 is 2.22 bits per heavy atom. The maximum absolute atomic E-state index is 12.7. The van der Waals surface area contributed by atoms with Crippen LogP contribution in [0, 0.1) is 12.8 Å². The van der Waals surface area contributed by atoms with E-state index in [0.717, 1.165) is 11.4 Å². The molecular formula is C16H21N5O2. The highest BCUT2D eigenvalue weighted by atomic mass is 16.3. The van der Waals surface area contributed by atoms with E-state index in [0.29, 0.717) is 31.7 Å². The highest BCUT2D eigenvalue weighted by Gasteiger charge is 2.35. The molecule has 1 fully saturated rings. The molecule has 122 valence electrons. The standard InChI is InChI=1S/C16H21N5O2/c1-3-21-14(6-11(2)19-21)16(23)20-9-12(15(22)10-20)7-13-8-17-4-5-18-13/h4-6,8,12,15,22H,3,7,9-10H2,1-2H3/t12-,15-/m1/s1. The zero-order chi connectivity index (χ0) is 16.4. The second kappa shape index (κ2) is 6.45. The maximum atomic E-state index is 12.7. The lowest BCUT2D eigenvalue weighted by Gasteiger charge is -2.16. The first-order chi connectivity index (χ1) is 11.1. The highest BCUT2D eigenvalue weighted by molar-refractivity contribution is 5.93. The van der Waals surface area contributed by atoms with E-state index in [9.17, 15) is 9.90 Å². The molecule has 0 spiro atoms. The number of amides is 1. The summed E-state index contributed by atoms with van der Waals surface area (Å²) < 4.78 is 1.71. The summed E-state index contributed by atoms with van der Waals surface area (Å²) in [7, 11) is 0. The zero-order valence-electron chi connectivity index (χ0n) is 13.4. The predicted molar refractivity (Wildman–Crippen MR) is 83.8 cm³/mol. The molecule has 7 nitrogen and oxygen atoms in total. The first kappa shape index (κ1) is 15.6. The van der Waals surface area contributed by atoms with Crippen molar-refractivity contribution in [3.63, 3.8) is 0 Å². The third kappa shape index (κ3) is 3.24. The largest absolute Gasteiger partial charge is 0.391 e. The van der Waals surface area contributed by atoms with Crippen molar-refractivity contribution in [2.45, 2.75) is 32.9 Å². The molecule has 0 aromatic carbocycles. The van der Waals surface area contributed by atoms with Gasteiger partial charge in [0, 0.05) is 44.1 Å². The van der Waals surface area contributed by atoms with Crippen molar-refractivity contribution in [3.05, 3.63) is 41.7 Å². The van der Waals surface area contributed by atoms with Gasteiger partial charge in [0.25, 0.3) is 5.91 Å². The van der Waals surface area contributed by atoms with E-state index in [1.54, 1.807) is 34.2 Å². The van der Waals surface area contributed by atoms with Crippen LogP contribution >= 0.6 is 0 Å². The van der Waals surface area contributed by atoms with Crippen molar-refractivity contribution in [1.82, 2.24) is 24.6 Å². The fraction of sp³-hybridized carbons (Fsp3) is 0.500. The molecule has 2 aromatic rings. The number of likely N-dealkylation sites (tertiary alicyclic amines) is 1. The highest BCUT2D eigenvalue weighted by Crippen LogP contribution is 2.22. The molecule has 0 unspecified atom stereocenters. The molecule has 1 N–H and O–H groups in total. The number of nitrogens with zero attached hydrogens (tertiary/aromatic N) is 5. The first-order valence-electron chi connectivity index (χ1n) is 7.85. The van der Waals surface area contributed by atoms with Crippen molar-refractivity contribution in [2.75, 3.05) is 13.1 Å². The quantitative estimate of drug-likeness (QED) is 0.897. The average molecular weight is 315 g/mol. The molecule has 0 radical (unpaired) electrons. The van der Waals surface area contributed by atoms with Crippen LogP contribution in [0.5, 0.6) is 0 Å². The Bertz CT molecular complexity index is 685. The van der Waals surface area contributed by atoms with Gasteiger partial charge in [-0.15, -0.1) is 0 Å². The Labute approximate surface area is 135 Å². The Hall–Kier alpha value is -2.28. The SMILES string of the molecule is CCn1nc(C)cc1C(=O)N1C[C@@H](Cc2cnccn2)[C@H](O)C1. The lowest BCUT2D eigenvalue weighted by atomic mass is 10.0. The molecule has 1 aliphatic heterocycles. The summed E-state index contributed by atoms with van der Waals surface area (Å²) in [6.07, 6.45) is 5.04. The minimum absolute atomic E-state index is 0.0188. The van der Waals surface area contributed by atoms with Crippen LogP contribution < -0.4 is 0 Å². The summed E-state index contributed by atoms with van der Waals surface area (Å²) >= 11 is 0. The lowest BCUT2D eigenvalue weighted by molar-refractivity contribution is 0.0752. The fourth-order valence-electron chi connectivity index (χ4n) is 3.05. The van der Waals surface area contributed by atoms with Gasteiger partial charge in [-0.05, 0) is 26.3 Å². The van der Waals surface area contributed by atoms with Crippen LogP contribution in [0.25, 0.3) is 0 Å². The van der Waals surface area contributed by atoms with Gasteiger partial charge in [0.15, 0.2) is 0 Å². The number of rotatable bonds is 4. The Morgan fingerprint density at radius 3 is 2.91 bits per heavy atom. The van der Waals surface area contributed by atoms with Gasteiger partial charge in [-0.25, -0.2) is 0 Å². The van der Waals surface area contributed by atoms with Gasteiger partial charge < -0.3 is 10.0 Å². The molecule has 0 aliphatic carbocycles. The number of hydrogen-bond acceptors (Lipinski definition) is 5. The average Bonchev–Trinajstić information content (AvgIpc) is 3.11. The van der Waals surface area contributed by atoms with E-state index in [1.807, 2.05) is 13.8 Å². The second-order valence-electron chi connectivity index (χ2n) is 5.93. The summed E-state index contributed by atoms with van der Waals surface area (Å²) in [4.78, 5) is 22.7. The number of carbonyl (C=O) groups excluding carboxylic acids is 1. The molecule has 2 aromatic heterocycles. The summed E-state index contributed by atoms with van der Waals surface area (Å²) in [5, 5.41) is 14.6. The summed E-state index contributed by atoms with van der Waals surface area (Å²) in [6, 6.07) is 1.80. The van der Waals surface area contributed by atoms with E-state index in [-0.39, 0.29) is 11.8 Å². The van der Waals surface area contributed by atoms with Gasteiger partial charge in [0.05, 0.1) is 17.5 Å². The van der Waals surface area contributed by atoms with E-state index < -0.39 is 6.10 Å². The molecule has 23 heavy (non-hydrogen) atoms. The number of aliphatic hydroxyl groups excluding tert-OH is 1. The van der Waals surface area contributed by atoms with Crippen LogP contribution in [0.4, 0.5) is 0 Å². The monoisotopic (exact) mass is 315 g/mol. The van der Waals surface area contributed by atoms with Gasteiger partial charge in [-0.2, -0.15) is 5.10 Å². The van der Waals surface area contributed by atoms with E-state index in [4.69, 9.17) is 0 Å². The number of aliphatic hydroxyl groups is 1. The minimum atomic E-state index is -0.542. The Morgan fingerprint density at radius 1 is 1.39 bits per heavy atom. The van der Waals surface area contributed by atoms with Gasteiger partial charge in [-0.1, -0.05) is 0 Å². The fourth-order valence-corrected chi connectivity index (χ4v) is 3.05. The molecule has 0 saturated carbocycles. The molecule has 2 atom stereocenters. The summed E-state index contributed by atoms with van der Waals surface area (Å²) in [5.41, 5.74) is 2.24.